The van der Waals surface area contributed by atoms with Crippen LogP contribution in [-0.2, 0) is 9.59 Å². The Morgan fingerprint density at radius 2 is 1.95 bits per heavy atom. The molecule has 1 aromatic carbocycles. The van der Waals surface area contributed by atoms with Gasteiger partial charge in [-0.1, -0.05) is 17.7 Å². The number of aliphatic carboxylic acids is 1. The molecule has 0 spiro atoms. The molecule has 5 nitrogen and oxygen atoms in total. The molecule has 1 rings (SSSR count). The van der Waals surface area contributed by atoms with Crippen molar-refractivity contribution in [3.05, 3.63) is 34.9 Å². The zero-order valence-electron chi connectivity index (χ0n) is 11.6. The summed E-state index contributed by atoms with van der Waals surface area (Å²) in [4.78, 5) is 25.6. The summed E-state index contributed by atoms with van der Waals surface area (Å²) >= 11 is 5.96. The van der Waals surface area contributed by atoms with Gasteiger partial charge in [0, 0.05) is 37.9 Å². The molecule has 0 bridgehead atoms. The molecule has 0 aliphatic carbocycles. The van der Waals surface area contributed by atoms with E-state index in [4.69, 9.17) is 16.7 Å². The molecule has 108 valence electrons. The van der Waals surface area contributed by atoms with Crippen LogP contribution in [0, 0.1) is 0 Å². The molecule has 1 N–H and O–H groups in total. The first-order valence-electron chi connectivity index (χ1n) is 5.93. The van der Waals surface area contributed by atoms with Gasteiger partial charge >= 0.3 is 5.97 Å². The highest BCUT2D eigenvalue weighted by atomic mass is 35.5. The number of hydrogen-bond acceptors (Lipinski definition) is 3. The third kappa shape index (κ3) is 4.59. The zero-order chi connectivity index (χ0) is 15.3. The standard InChI is InChI=1S/C14H17ClN2O3/c1-16(2)13(18)9-17(3)12-8-11(15)6-4-10(12)5-7-14(19)20/h4-8H,9H2,1-3H3,(H,19,20)/b7-5+. The summed E-state index contributed by atoms with van der Waals surface area (Å²) in [6.07, 6.45) is 2.53. The van der Waals surface area contributed by atoms with Crippen molar-refractivity contribution in [2.45, 2.75) is 0 Å². The van der Waals surface area contributed by atoms with Crippen LogP contribution in [0.15, 0.2) is 24.3 Å². The van der Waals surface area contributed by atoms with Gasteiger partial charge in [-0.15, -0.1) is 0 Å². The molecule has 0 radical (unpaired) electrons. The highest BCUT2D eigenvalue weighted by molar-refractivity contribution is 6.31. The number of anilines is 1. The Hall–Kier alpha value is -2.01. The summed E-state index contributed by atoms with van der Waals surface area (Å²) in [6.45, 7) is 0.182. The summed E-state index contributed by atoms with van der Waals surface area (Å²) < 4.78 is 0. The molecular formula is C14H17ClN2O3. The van der Waals surface area contributed by atoms with E-state index in [9.17, 15) is 9.59 Å². The first kappa shape index (κ1) is 16.0. The molecule has 0 unspecified atom stereocenters. The van der Waals surface area contributed by atoms with E-state index in [2.05, 4.69) is 0 Å². The van der Waals surface area contributed by atoms with Crippen molar-refractivity contribution in [2.75, 3.05) is 32.6 Å². The van der Waals surface area contributed by atoms with Gasteiger partial charge < -0.3 is 14.9 Å². The van der Waals surface area contributed by atoms with Gasteiger partial charge in [0.15, 0.2) is 0 Å². The van der Waals surface area contributed by atoms with Crippen LogP contribution in [0.25, 0.3) is 6.08 Å². The van der Waals surface area contributed by atoms with Crippen molar-refractivity contribution < 1.29 is 14.7 Å². The normalized spacial score (nSPS) is 10.6. The number of rotatable bonds is 5. The molecule has 20 heavy (non-hydrogen) atoms. The molecule has 1 amide bonds. The number of amides is 1. The second-order valence-electron chi connectivity index (χ2n) is 4.52. The zero-order valence-corrected chi connectivity index (χ0v) is 12.4. The fourth-order valence-corrected chi connectivity index (χ4v) is 1.75. The Kier molecular flexibility index (Phi) is 5.58. The molecule has 0 aliphatic rings. The van der Waals surface area contributed by atoms with Crippen LogP contribution in [0.5, 0.6) is 0 Å². The van der Waals surface area contributed by atoms with Crippen molar-refractivity contribution in [2.24, 2.45) is 0 Å². The summed E-state index contributed by atoms with van der Waals surface area (Å²) in [5.74, 6) is -1.08. The Labute approximate surface area is 123 Å². The molecule has 0 fully saturated rings. The average Bonchev–Trinajstić information content (AvgIpc) is 2.36. The Morgan fingerprint density at radius 3 is 2.50 bits per heavy atom. The first-order chi connectivity index (χ1) is 9.31. The molecule has 0 atom stereocenters. The number of likely N-dealkylation sites (N-methyl/N-ethyl adjacent to an activating group) is 2. The van der Waals surface area contributed by atoms with E-state index in [0.29, 0.717) is 16.3 Å². The number of nitrogens with zero attached hydrogens (tertiary/aromatic N) is 2. The minimum atomic E-state index is -1.03. The van der Waals surface area contributed by atoms with Gasteiger partial charge in [0.2, 0.25) is 5.91 Å². The number of benzene rings is 1. The maximum atomic E-state index is 11.7. The Morgan fingerprint density at radius 1 is 1.30 bits per heavy atom. The van der Waals surface area contributed by atoms with Crippen molar-refractivity contribution in [1.29, 1.82) is 0 Å². The molecule has 0 heterocycles. The third-order valence-corrected chi connectivity index (χ3v) is 2.92. The Balaban J connectivity index is 3.05. The van der Waals surface area contributed by atoms with Gasteiger partial charge in [0.05, 0.1) is 6.54 Å². The highest BCUT2D eigenvalue weighted by Gasteiger charge is 2.12. The van der Waals surface area contributed by atoms with E-state index in [1.54, 1.807) is 44.2 Å². The molecule has 0 aliphatic heterocycles. The van der Waals surface area contributed by atoms with Gasteiger partial charge in [0.1, 0.15) is 0 Å². The Bertz CT molecular complexity index is 541. The van der Waals surface area contributed by atoms with Crippen LogP contribution in [0.1, 0.15) is 5.56 Å². The van der Waals surface area contributed by atoms with Crippen LogP contribution in [0.4, 0.5) is 5.69 Å². The van der Waals surface area contributed by atoms with Gasteiger partial charge in [-0.3, -0.25) is 4.79 Å². The lowest BCUT2D eigenvalue weighted by Gasteiger charge is -2.23. The van der Waals surface area contributed by atoms with E-state index in [1.807, 2.05) is 0 Å². The van der Waals surface area contributed by atoms with Crippen molar-refractivity contribution in [3.63, 3.8) is 0 Å². The topological polar surface area (TPSA) is 60.9 Å². The van der Waals surface area contributed by atoms with Crippen LogP contribution >= 0.6 is 11.6 Å². The lowest BCUT2D eigenvalue weighted by Crippen LogP contribution is -2.34. The molecule has 0 aromatic heterocycles. The number of carboxylic acid groups (broad SMARTS) is 1. The lowest BCUT2D eigenvalue weighted by atomic mass is 10.1. The maximum absolute atomic E-state index is 11.7. The number of carbonyl (C=O) groups excluding carboxylic acids is 1. The van der Waals surface area contributed by atoms with E-state index in [1.165, 1.54) is 11.0 Å². The number of carbonyl (C=O) groups is 2. The average molecular weight is 297 g/mol. The predicted octanol–water partition coefficient (Wildman–Crippen LogP) is 1.96. The third-order valence-electron chi connectivity index (χ3n) is 2.68. The summed E-state index contributed by atoms with van der Waals surface area (Å²) in [5, 5.41) is 9.21. The van der Waals surface area contributed by atoms with E-state index in [0.717, 1.165) is 6.08 Å². The minimum Gasteiger partial charge on any atom is -0.478 e. The van der Waals surface area contributed by atoms with Crippen molar-refractivity contribution >= 4 is 35.2 Å². The van der Waals surface area contributed by atoms with Gasteiger partial charge in [0.25, 0.3) is 0 Å². The van der Waals surface area contributed by atoms with Crippen LogP contribution < -0.4 is 4.90 Å². The monoisotopic (exact) mass is 296 g/mol. The SMILES string of the molecule is CN(C)C(=O)CN(C)c1cc(Cl)ccc1/C=C/C(=O)O. The van der Waals surface area contributed by atoms with Crippen molar-refractivity contribution in [1.82, 2.24) is 4.90 Å². The van der Waals surface area contributed by atoms with E-state index >= 15 is 0 Å². The van der Waals surface area contributed by atoms with Crippen LogP contribution in [0.3, 0.4) is 0 Å². The molecule has 0 saturated carbocycles. The second kappa shape index (κ2) is 6.96. The van der Waals surface area contributed by atoms with Crippen LogP contribution in [-0.4, -0.2) is 49.6 Å². The summed E-state index contributed by atoms with van der Waals surface area (Å²) in [7, 11) is 5.12. The fraction of sp³-hybridized carbons (Fsp3) is 0.286. The largest absolute Gasteiger partial charge is 0.478 e. The van der Waals surface area contributed by atoms with Gasteiger partial charge in [-0.05, 0) is 23.8 Å². The van der Waals surface area contributed by atoms with Crippen LogP contribution in [0.2, 0.25) is 5.02 Å². The predicted molar refractivity (Wildman–Crippen MR) is 80.1 cm³/mol. The molecule has 6 heteroatoms. The highest BCUT2D eigenvalue weighted by Crippen LogP contribution is 2.25. The van der Waals surface area contributed by atoms with Crippen molar-refractivity contribution in [3.8, 4) is 0 Å². The number of hydrogen-bond donors (Lipinski definition) is 1. The maximum Gasteiger partial charge on any atom is 0.328 e. The summed E-state index contributed by atoms with van der Waals surface area (Å²) in [5.41, 5.74) is 1.39. The summed E-state index contributed by atoms with van der Waals surface area (Å²) in [6, 6.07) is 5.09. The number of halogens is 1. The van der Waals surface area contributed by atoms with E-state index in [-0.39, 0.29) is 12.5 Å². The molecular weight excluding hydrogens is 280 g/mol. The lowest BCUT2D eigenvalue weighted by molar-refractivity contribution is -0.131. The second-order valence-corrected chi connectivity index (χ2v) is 4.96. The van der Waals surface area contributed by atoms with Gasteiger partial charge in [-0.2, -0.15) is 0 Å². The molecule has 1 aromatic rings. The smallest absolute Gasteiger partial charge is 0.328 e. The number of carboxylic acids is 1. The molecule has 0 saturated heterocycles. The quantitative estimate of drug-likeness (QED) is 0.844. The fourth-order valence-electron chi connectivity index (χ4n) is 1.58. The minimum absolute atomic E-state index is 0.0550. The van der Waals surface area contributed by atoms with Gasteiger partial charge in [-0.25, -0.2) is 4.79 Å². The first-order valence-corrected chi connectivity index (χ1v) is 6.31. The van der Waals surface area contributed by atoms with E-state index < -0.39 is 5.97 Å².